The molecule has 0 aromatic rings. The Balaban J connectivity index is 2.70. The van der Waals surface area contributed by atoms with Gasteiger partial charge in [0.1, 0.15) is 6.10 Å². The number of rotatable bonds is 3. The summed E-state index contributed by atoms with van der Waals surface area (Å²) in [6, 6.07) is 0. The van der Waals surface area contributed by atoms with Crippen LogP contribution in [0.2, 0.25) is 0 Å². The van der Waals surface area contributed by atoms with Gasteiger partial charge in [-0.3, -0.25) is 0 Å². The lowest BCUT2D eigenvalue weighted by atomic mass is 9.95. The lowest BCUT2D eigenvalue weighted by Crippen LogP contribution is -2.60. The van der Waals surface area contributed by atoms with Gasteiger partial charge in [0.05, 0.1) is 25.4 Å². The van der Waals surface area contributed by atoms with Crippen molar-refractivity contribution in [1.29, 1.82) is 0 Å². The minimum Gasteiger partial charge on any atom is -0.391 e. The Morgan fingerprint density at radius 2 is 2.20 bits per heavy atom. The Bertz CT molecular complexity index is 269. The second-order valence-electron chi connectivity index (χ2n) is 3.40. The van der Waals surface area contributed by atoms with Crippen molar-refractivity contribution in [3.8, 4) is 0 Å². The molecule has 0 aromatic carbocycles. The van der Waals surface area contributed by atoms with Crippen LogP contribution in [0.15, 0.2) is 5.11 Å². The minimum absolute atomic E-state index is 0.0303. The zero-order chi connectivity index (χ0) is 11.5. The summed E-state index contributed by atoms with van der Waals surface area (Å²) in [4.78, 5) is 2.50. The maximum atomic E-state index is 9.57. The van der Waals surface area contributed by atoms with Crippen LogP contribution in [0.5, 0.6) is 0 Å². The SMILES string of the molecule is [N-]=[N+]=NC[C@H]1C[C@@H](O)[C@H](O)[C@@](O)(CO)O1. The molecule has 0 saturated carbocycles. The molecule has 15 heavy (non-hydrogen) atoms. The van der Waals surface area contributed by atoms with Crippen molar-refractivity contribution >= 4 is 0 Å². The van der Waals surface area contributed by atoms with E-state index >= 15 is 0 Å². The molecule has 1 aliphatic rings. The van der Waals surface area contributed by atoms with Crippen molar-refractivity contribution < 1.29 is 25.2 Å². The van der Waals surface area contributed by atoms with E-state index in [1.165, 1.54) is 0 Å². The van der Waals surface area contributed by atoms with Crippen LogP contribution in [0.4, 0.5) is 0 Å². The van der Waals surface area contributed by atoms with Crippen LogP contribution in [0.3, 0.4) is 0 Å². The predicted octanol–water partition coefficient (Wildman–Crippen LogP) is -1.51. The van der Waals surface area contributed by atoms with Crippen molar-refractivity contribution in [1.82, 2.24) is 0 Å². The fourth-order valence-electron chi connectivity index (χ4n) is 1.48. The Morgan fingerprint density at radius 3 is 2.73 bits per heavy atom. The lowest BCUT2D eigenvalue weighted by Gasteiger charge is -2.41. The van der Waals surface area contributed by atoms with Crippen LogP contribution < -0.4 is 0 Å². The number of hydrogen-bond donors (Lipinski definition) is 4. The summed E-state index contributed by atoms with van der Waals surface area (Å²) < 4.78 is 4.94. The largest absolute Gasteiger partial charge is 0.391 e. The Kier molecular flexibility index (Phi) is 3.86. The van der Waals surface area contributed by atoms with Crippen LogP contribution in [-0.4, -0.2) is 57.7 Å². The van der Waals surface area contributed by atoms with Crippen molar-refractivity contribution in [3.63, 3.8) is 0 Å². The molecule has 8 nitrogen and oxygen atoms in total. The molecule has 86 valence electrons. The molecule has 1 fully saturated rings. The first-order valence-electron chi connectivity index (χ1n) is 4.41. The molecule has 1 heterocycles. The average molecular weight is 219 g/mol. The summed E-state index contributed by atoms with van der Waals surface area (Å²) in [6.45, 7) is -0.930. The highest BCUT2D eigenvalue weighted by molar-refractivity contribution is 4.90. The summed E-state index contributed by atoms with van der Waals surface area (Å²) in [5.41, 5.74) is 8.08. The summed E-state index contributed by atoms with van der Waals surface area (Å²) in [5, 5.41) is 40.4. The third-order valence-electron chi connectivity index (χ3n) is 2.28. The molecule has 0 unspecified atom stereocenters. The van der Waals surface area contributed by atoms with Crippen LogP contribution in [-0.2, 0) is 4.74 Å². The van der Waals surface area contributed by atoms with Gasteiger partial charge >= 0.3 is 0 Å². The molecule has 1 saturated heterocycles. The average Bonchev–Trinajstić information content (AvgIpc) is 2.23. The number of aliphatic hydroxyl groups is 4. The van der Waals surface area contributed by atoms with Gasteiger partial charge in [0.25, 0.3) is 0 Å². The maximum absolute atomic E-state index is 9.57. The number of azide groups is 1. The summed E-state index contributed by atoms with van der Waals surface area (Å²) in [5.74, 6) is -2.20. The molecule has 1 aliphatic heterocycles. The number of nitrogens with zero attached hydrogens (tertiary/aromatic N) is 3. The molecule has 0 aromatic heterocycles. The minimum atomic E-state index is -2.20. The maximum Gasteiger partial charge on any atom is 0.218 e. The van der Waals surface area contributed by atoms with Gasteiger partial charge in [0, 0.05) is 11.3 Å². The zero-order valence-electron chi connectivity index (χ0n) is 7.89. The smallest absolute Gasteiger partial charge is 0.218 e. The topological polar surface area (TPSA) is 139 Å². The quantitative estimate of drug-likeness (QED) is 0.259. The molecule has 4 N–H and O–H groups in total. The van der Waals surface area contributed by atoms with Gasteiger partial charge in [-0.15, -0.1) is 0 Å². The third-order valence-corrected chi connectivity index (χ3v) is 2.28. The first-order valence-corrected chi connectivity index (χ1v) is 4.41. The number of aliphatic hydroxyl groups excluding tert-OH is 3. The fourth-order valence-corrected chi connectivity index (χ4v) is 1.48. The van der Waals surface area contributed by atoms with E-state index in [1.807, 2.05) is 0 Å². The molecule has 0 aliphatic carbocycles. The van der Waals surface area contributed by atoms with E-state index in [0.717, 1.165) is 0 Å². The fraction of sp³-hybridized carbons (Fsp3) is 1.00. The molecular formula is C7H13N3O5. The van der Waals surface area contributed by atoms with E-state index in [2.05, 4.69) is 10.0 Å². The zero-order valence-corrected chi connectivity index (χ0v) is 7.89. The molecule has 0 radical (unpaired) electrons. The molecule has 8 heteroatoms. The van der Waals surface area contributed by atoms with E-state index in [0.29, 0.717) is 0 Å². The van der Waals surface area contributed by atoms with E-state index in [-0.39, 0.29) is 13.0 Å². The summed E-state index contributed by atoms with van der Waals surface area (Å²) in [6.07, 6.45) is -3.50. The molecule has 4 atom stereocenters. The predicted molar refractivity (Wildman–Crippen MR) is 47.6 cm³/mol. The van der Waals surface area contributed by atoms with Gasteiger partial charge in [-0.2, -0.15) is 0 Å². The van der Waals surface area contributed by atoms with Crippen molar-refractivity contribution in [2.24, 2.45) is 5.11 Å². The van der Waals surface area contributed by atoms with Gasteiger partial charge in [-0.1, -0.05) is 5.11 Å². The normalized spacial score (nSPS) is 40.9. The highest BCUT2D eigenvalue weighted by Gasteiger charge is 2.47. The monoisotopic (exact) mass is 219 g/mol. The second-order valence-corrected chi connectivity index (χ2v) is 3.40. The van der Waals surface area contributed by atoms with Crippen LogP contribution in [0, 0.1) is 0 Å². The molecule has 1 rings (SSSR count). The summed E-state index contributed by atoms with van der Waals surface area (Å²) >= 11 is 0. The number of ether oxygens (including phenoxy) is 1. The van der Waals surface area contributed by atoms with Crippen LogP contribution >= 0.6 is 0 Å². The first kappa shape index (κ1) is 12.2. The van der Waals surface area contributed by atoms with Crippen molar-refractivity contribution in [2.45, 2.75) is 30.5 Å². The van der Waals surface area contributed by atoms with Crippen molar-refractivity contribution in [3.05, 3.63) is 10.4 Å². The van der Waals surface area contributed by atoms with Gasteiger partial charge in [-0.25, -0.2) is 0 Å². The molecule has 0 amide bonds. The van der Waals surface area contributed by atoms with Crippen LogP contribution in [0.25, 0.3) is 10.4 Å². The molecular weight excluding hydrogens is 206 g/mol. The Labute approximate surface area is 85.3 Å². The van der Waals surface area contributed by atoms with E-state index in [4.69, 9.17) is 15.4 Å². The highest BCUT2D eigenvalue weighted by atomic mass is 16.7. The Morgan fingerprint density at radius 1 is 1.53 bits per heavy atom. The van der Waals surface area contributed by atoms with Crippen molar-refractivity contribution in [2.75, 3.05) is 13.2 Å². The van der Waals surface area contributed by atoms with E-state index < -0.39 is 30.7 Å². The van der Waals surface area contributed by atoms with Gasteiger partial charge in [0.15, 0.2) is 0 Å². The molecule has 0 spiro atoms. The third kappa shape index (κ3) is 2.57. The van der Waals surface area contributed by atoms with E-state index in [9.17, 15) is 15.3 Å². The first-order chi connectivity index (χ1) is 7.03. The Hall–Kier alpha value is -0.890. The highest BCUT2D eigenvalue weighted by Crippen LogP contribution is 2.27. The number of hydrogen-bond acceptors (Lipinski definition) is 6. The summed E-state index contributed by atoms with van der Waals surface area (Å²) in [7, 11) is 0. The van der Waals surface area contributed by atoms with E-state index in [1.54, 1.807) is 0 Å². The van der Waals surface area contributed by atoms with Gasteiger partial charge in [0.2, 0.25) is 5.79 Å². The second kappa shape index (κ2) is 4.75. The van der Waals surface area contributed by atoms with Crippen LogP contribution in [0.1, 0.15) is 6.42 Å². The molecule has 0 bridgehead atoms. The van der Waals surface area contributed by atoms with Gasteiger partial charge in [-0.05, 0) is 5.53 Å². The standard InChI is InChI=1S/C7H13N3O5/c8-10-9-2-4-1-5(12)6(13)7(14,3-11)15-4/h4-6,11-14H,1-3H2/t4-,5-,6+,7-/m1/s1. The van der Waals surface area contributed by atoms with Gasteiger partial charge < -0.3 is 25.2 Å². The lowest BCUT2D eigenvalue weighted by molar-refractivity contribution is -0.330.